The molecule has 5 nitrogen and oxygen atoms in total. The van der Waals surface area contributed by atoms with E-state index < -0.39 is 0 Å². The fourth-order valence-corrected chi connectivity index (χ4v) is 3.46. The molecule has 138 valence electrons. The number of anilines is 2. The molecule has 0 saturated heterocycles. The zero-order valence-corrected chi connectivity index (χ0v) is 16.1. The zero-order chi connectivity index (χ0) is 18.8. The summed E-state index contributed by atoms with van der Waals surface area (Å²) >= 11 is 1.30. The average Bonchev–Trinajstić information content (AvgIpc) is 3.45. The smallest absolute Gasteiger partial charge is 0.327 e. The Bertz CT molecular complexity index is 948. The summed E-state index contributed by atoms with van der Waals surface area (Å²) in [7, 11) is 1.76. The first-order valence-electron chi connectivity index (χ1n) is 8.93. The van der Waals surface area contributed by atoms with Crippen LogP contribution < -0.4 is 15.0 Å². The van der Waals surface area contributed by atoms with E-state index in [-0.39, 0.29) is 6.03 Å². The molecular formula is C21H21N3O2S. The minimum absolute atomic E-state index is 0.223. The number of ether oxygens (including phenoxy) is 1. The Labute approximate surface area is 162 Å². The summed E-state index contributed by atoms with van der Waals surface area (Å²) in [5.41, 5.74) is 3.35. The van der Waals surface area contributed by atoms with E-state index >= 15 is 0 Å². The lowest BCUT2D eigenvalue weighted by Gasteiger charge is -2.18. The summed E-state index contributed by atoms with van der Waals surface area (Å²) in [6.45, 7) is 2.03. The van der Waals surface area contributed by atoms with Crippen LogP contribution in [-0.4, -0.2) is 18.1 Å². The number of aromatic nitrogens is 1. The van der Waals surface area contributed by atoms with Gasteiger partial charge in [-0.3, -0.25) is 10.2 Å². The van der Waals surface area contributed by atoms with Crippen LogP contribution in [-0.2, 0) is 0 Å². The molecule has 0 atom stereocenters. The number of amides is 2. The summed E-state index contributed by atoms with van der Waals surface area (Å²) in [4.78, 5) is 18.4. The van der Waals surface area contributed by atoms with Crippen molar-refractivity contribution in [2.75, 3.05) is 17.3 Å². The third-order valence-corrected chi connectivity index (χ3v) is 5.34. The Morgan fingerprint density at radius 2 is 2.00 bits per heavy atom. The van der Waals surface area contributed by atoms with E-state index in [0.29, 0.717) is 16.1 Å². The van der Waals surface area contributed by atoms with Crippen molar-refractivity contribution in [3.63, 3.8) is 0 Å². The highest BCUT2D eigenvalue weighted by atomic mass is 32.1. The van der Waals surface area contributed by atoms with Crippen LogP contribution >= 0.6 is 11.3 Å². The van der Waals surface area contributed by atoms with Gasteiger partial charge in [0.2, 0.25) is 5.06 Å². The van der Waals surface area contributed by atoms with Gasteiger partial charge in [0.1, 0.15) is 5.75 Å². The Morgan fingerprint density at radius 1 is 1.22 bits per heavy atom. The molecule has 2 aromatic carbocycles. The molecule has 0 radical (unpaired) electrons. The first-order chi connectivity index (χ1) is 13.1. The van der Waals surface area contributed by atoms with Crippen molar-refractivity contribution in [1.29, 1.82) is 0 Å². The van der Waals surface area contributed by atoms with Gasteiger partial charge in [-0.25, -0.2) is 9.78 Å². The maximum Gasteiger partial charge on any atom is 0.327 e. The molecule has 1 N–H and O–H groups in total. The molecule has 1 heterocycles. The summed E-state index contributed by atoms with van der Waals surface area (Å²) in [6, 6.07) is 15.7. The number of carbonyl (C=O) groups excluding carboxylic acids is 1. The highest BCUT2D eigenvalue weighted by Gasteiger charge is 2.24. The van der Waals surface area contributed by atoms with Crippen LogP contribution in [0.2, 0.25) is 0 Å². The quantitative estimate of drug-likeness (QED) is 0.610. The van der Waals surface area contributed by atoms with E-state index in [1.807, 2.05) is 43.3 Å². The highest BCUT2D eigenvalue weighted by molar-refractivity contribution is 7.17. The third kappa shape index (κ3) is 4.28. The molecule has 3 aromatic rings. The van der Waals surface area contributed by atoms with E-state index in [0.717, 1.165) is 11.4 Å². The van der Waals surface area contributed by atoms with E-state index in [1.54, 1.807) is 18.1 Å². The Hall–Kier alpha value is -2.86. The molecular weight excluding hydrogens is 358 g/mol. The number of carbonyl (C=O) groups is 1. The second-order valence-corrected chi connectivity index (χ2v) is 7.75. The molecule has 0 bridgehead atoms. The fourth-order valence-electron chi connectivity index (χ4n) is 2.78. The van der Waals surface area contributed by atoms with Crippen molar-refractivity contribution in [2.24, 2.45) is 0 Å². The number of thiazole rings is 1. The molecule has 0 aliphatic heterocycles. The summed E-state index contributed by atoms with van der Waals surface area (Å²) < 4.78 is 5.78. The number of rotatable bonds is 5. The van der Waals surface area contributed by atoms with Gasteiger partial charge in [-0.1, -0.05) is 41.2 Å². The number of urea groups is 1. The molecule has 6 heteroatoms. The van der Waals surface area contributed by atoms with Gasteiger partial charge in [-0.15, -0.1) is 0 Å². The van der Waals surface area contributed by atoms with Gasteiger partial charge in [0, 0.05) is 12.7 Å². The van der Waals surface area contributed by atoms with Crippen molar-refractivity contribution in [3.05, 3.63) is 65.9 Å². The third-order valence-electron chi connectivity index (χ3n) is 4.55. The van der Waals surface area contributed by atoms with Crippen molar-refractivity contribution in [2.45, 2.75) is 25.7 Å². The maximum absolute atomic E-state index is 12.6. The van der Waals surface area contributed by atoms with Crippen LogP contribution in [0.1, 0.15) is 29.9 Å². The predicted molar refractivity (Wildman–Crippen MR) is 109 cm³/mol. The monoisotopic (exact) mass is 379 g/mol. The molecule has 1 aromatic heterocycles. The van der Waals surface area contributed by atoms with Crippen LogP contribution in [0, 0.1) is 6.92 Å². The number of nitrogens with zero attached hydrogens (tertiary/aromatic N) is 2. The minimum Gasteiger partial charge on any atom is -0.445 e. The number of nitrogens with one attached hydrogen (secondary N) is 1. The van der Waals surface area contributed by atoms with E-state index in [1.165, 1.54) is 35.3 Å². The SMILES string of the molecule is Cc1ccc(Oc2cnc(NC(=O)N(C)c3cccc(C4CC4)c3)s2)cc1. The summed E-state index contributed by atoms with van der Waals surface area (Å²) in [5, 5.41) is 3.97. The van der Waals surface area contributed by atoms with Crippen LogP contribution in [0.25, 0.3) is 0 Å². The van der Waals surface area contributed by atoms with Crippen LogP contribution in [0.15, 0.2) is 54.7 Å². The van der Waals surface area contributed by atoms with Crippen molar-refractivity contribution >= 4 is 28.2 Å². The Morgan fingerprint density at radius 3 is 2.74 bits per heavy atom. The van der Waals surface area contributed by atoms with Gasteiger partial charge in [0.15, 0.2) is 5.13 Å². The van der Waals surface area contributed by atoms with Crippen molar-refractivity contribution < 1.29 is 9.53 Å². The average molecular weight is 379 g/mol. The number of hydrogen-bond acceptors (Lipinski definition) is 4. The van der Waals surface area contributed by atoms with Crippen molar-refractivity contribution in [1.82, 2.24) is 4.98 Å². The first kappa shape index (κ1) is 17.5. The second-order valence-electron chi connectivity index (χ2n) is 6.76. The van der Waals surface area contributed by atoms with Gasteiger partial charge in [-0.2, -0.15) is 0 Å². The van der Waals surface area contributed by atoms with Crippen molar-refractivity contribution in [3.8, 4) is 10.8 Å². The normalized spacial score (nSPS) is 13.3. The fraction of sp³-hybridized carbons (Fsp3) is 0.238. The number of hydrogen-bond donors (Lipinski definition) is 1. The largest absolute Gasteiger partial charge is 0.445 e. The predicted octanol–water partition coefficient (Wildman–Crippen LogP) is 5.79. The molecule has 1 fully saturated rings. The summed E-state index contributed by atoms with van der Waals surface area (Å²) in [6.07, 6.45) is 4.10. The van der Waals surface area contributed by atoms with Gasteiger partial charge in [0.25, 0.3) is 0 Å². The highest BCUT2D eigenvalue weighted by Crippen LogP contribution is 2.41. The van der Waals surface area contributed by atoms with Crippen LogP contribution in [0.3, 0.4) is 0 Å². The maximum atomic E-state index is 12.6. The van der Waals surface area contributed by atoms with Crippen LogP contribution in [0.4, 0.5) is 15.6 Å². The van der Waals surface area contributed by atoms with Gasteiger partial charge in [-0.05, 0) is 55.5 Å². The summed E-state index contributed by atoms with van der Waals surface area (Å²) in [5.74, 6) is 1.40. The molecule has 0 spiro atoms. The Kier molecular flexibility index (Phi) is 4.81. The zero-order valence-electron chi connectivity index (χ0n) is 15.3. The van der Waals surface area contributed by atoms with Crippen LogP contribution in [0.5, 0.6) is 10.8 Å². The molecule has 27 heavy (non-hydrogen) atoms. The molecule has 2 amide bonds. The first-order valence-corrected chi connectivity index (χ1v) is 9.75. The number of aryl methyl sites for hydroxylation is 1. The van der Waals surface area contributed by atoms with E-state index in [2.05, 4.69) is 22.4 Å². The molecule has 4 rings (SSSR count). The molecule has 1 aliphatic rings. The molecule has 1 aliphatic carbocycles. The topological polar surface area (TPSA) is 54.5 Å². The van der Waals surface area contributed by atoms with Gasteiger partial charge in [0.05, 0.1) is 6.20 Å². The minimum atomic E-state index is -0.223. The van der Waals surface area contributed by atoms with Gasteiger partial charge < -0.3 is 4.74 Å². The lowest BCUT2D eigenvalue weighted by Crippen LogP contribution is -2.31. The number of benzene rings is 2. The lowest BCUT2D eigenvalue weighted by molar-refractivity contribution is 0.258. The Balaban J connectivity index is 1.40. The molecule has 1 saturated carbocycles. The molecule has 0 unspecified atom stereocenters. The lowest BCUT2D eigenvalue weighted by atomic mass is 10.1. The van der Waals surface area contributed by atoms with E-state index in [9.17, 15) is 4.79 Å². The van der Waals surface area contributed by atoms with Gasteiger partial charge >= 0.3 is 6.03 Å². The second kappa shape index (κ2) is 7.40. The van der Waals surface area contributed by atoms with E-state index in [4.69, 9.17) is 4.74 Å². The standard InChI is InChI=1S/C21H21N3O2S/c1-14-6-10-18(11-7-14)26-19-13-22-20(27-19)23-21(25)24(2)17-5-3-4-16(12-17)15-8-9-15/h3-7,10-13,15H,8-9H2,1-2H3,(H,22,23,25).